The van der Waals surface area contributed by atoms with Crippen molar-refractivity contribution in [1.82, 2.24) is 14.5 Å². The summed E-state index contributed by atoms with van der Waals surface area (Å²) in [5.41, 5.74) is 1.14. The Morgan fingerprint density at radius 3 is 2.33 bits per heavy atom. The van der Waals surface area contributed by atoms with Crippen molar-refractivity contribution in [3.8, 4) is 0 Å². The van der Waals surface area contributed by atoms with Crippen LogP contribution in [0.2, 0.25) is 0 Å². The second kappa shape index (κ2) is 5.59. The fourth-order valence-electron chi connectivity index (χ4n) is 1.70. The van der Waals surface area contributed by atoms with Crippen molar-refractivity contribution in [3.63, 3.8) is 0 Å². The number of hydrogen-bond donors (Lipinski definition) is 1. The molecule has 1 aromatic heterocycles. The second-order valence-corrected chi connectivity index (χ2v) is 6.62. The van der Waals surface area contributed by atoms with Crippen LogP contribution in [-0.2, 0) is 17.1 Å². The third kappa shape index (κ3) is 3.05. The first kappa shape index (κ1) is 15.5. The first-order valence-electron chi connectivity index (χ1n) is 5.79. The standard InChI is InChI=1S/C11H20ClN3O2S/c1-7(6-12)8(2)14-18(16,17)11-9(3)13-15(5)10(11)4/h7-8,14H,6H2,1-5H3. The molecule has 1 N–H and O–H groups in total. The van der Waals surface area contributed by atoms with Gasteiger partial charge in [0.05, 0.1) is 11.4 Å². The monoisotopic (exact) mass is 293 g/mol. The highest BCUT2D eigenvalue weighted by atomic mass is 35.5. The van der Waals surface area contributed by atoms with Crippen molar-refractivity contribution >= 4 is 21.6 Å². The molecular formula is C11H20ClN3O2S. The summed E-state index contributed by atoms with van der Waals surface area (Å²) < 4.78 is 28.8. The summed E-state index contributed by atoms with van der Waals surface area (Å²) in [5, 5.41) is 4.12. The summed E-state index contributed by atoms with van der Waals surface area (Å²) in [4.78, 5) is 0.263. The van der Waals surface area contributed by atoms with E-state index in [1.807, 2.05) is 13.8 Å². The van der Waals surface area contributed by atoms with E-state index in [2.05, 4.69) is 9.82 Å². The summed E-state index contributed by atoms with van der Waals surface area (Å²) in [5.74, 6) is 0.480. The van der Waals surface area contributed by atoms with Gasteiger partial charge in [0.1, 0.15) is 4.90 Å². The topological polar surface area (TPSA) is 64.0 Å². The van der Waals surface area contributed by atoms with Crippen LogP contribution >= 0.6 is 11.6 Å². The van der Waals surface area contributed by atoms with Crippen LogP contribution in [0.3, 0.4) is 0 Å². The van der Waals surface area contributed by atoms with E-state index in [1.54, 1.807) is 25.6 Å². The van der Waals surface area contributed by atoms with Gasteiger partial charge in [0.15, 0.2) is 0 Å². The van der Waals surface area contributed by atoms with E-state index in [4.69, 9.17) is 11.6 Å². The smallest absolute Gasteiger partial charge is 0.244 e. The molecule has 1 heterocycles. The zero-order valence-electron chi connectivity index (χ0n) is 11.4. The highest BCUT2D eigenvalue weighted by molar-refractivity contribution is 7.89. The highest BCUT2D eigenvalue weighted by Crippen LogP contribution is 2.19. The average molecular weight is 294 g/mol. The van der Waals surface area contributed by atoms with Crippen LogP contribution in [0.5, 0.6) is 0 Å². The van der Waals surface area contributed by atoms with Gasteiger partial charge in [-0.05, 0) is 26.7 Å². The van der Waals surface area contributed by atoms with Gasteiger partial charge in [-0.15, -0.1) is 11.6 Å². The molecule has 0 aromatic carbocycles. The maximum atomic E-state index is 12.3. The van der Waals surface area contributed by atoms with Crippen LogP contribution in [0, 0.1) is 19.8 Å². The molecular weight excluding hydrogens is 274 g/mol. The summed E-state index contributed by atoms with van der Waals surface area (Å²) in [6.07, 6.45) is 0. The first-order chi connectivity index (χ1) is 8.20. The number of halogens is 1. The molecule has 0 saturated carbocycles. The number of alkyl halides is 1. The van der Waals surface area contributed by atoms with E-state index in [9.17, 15) is 8.42 Å². The number of nitrogens with one attached hydrogen (secondary N) is 1. The number of aromatic nitrogens is 2. The Bertz CT molecular complexity index is 525. The third-order valence-corrected chi connectivity index (χ3v) is 5.45. The molecule has 0 fully saturated rings. The van der Waals surface area contributed by atoms with Crippen LogP contribution in [0.4, 0.5) is 0 Å². The molecule has 2 unspecified atom stereocenters. The molecule has 18 heavy (non-hydrogen) atoms. The Morgan fingerprint density at radius 2 is 1.94 bits per heavy atom. The Kier molecular flexibility index (Phi) is 4.80. The lowest BCUT2D eigenvalue weighted by molar-refractivity contribution is 0.480. The zero-order chi connectivity index (χ0) is 14.1. The Morgan fingerprint density at radius 1 is 1.39 bits per heavy atom. The molecule has 7 heteroatoms. The molecule has 0 aliphatic carbocycles. The zero-order valence-corrected chi connectivity index (χ0v) is 12.9. The van der Waals surface area contributed by atoms with Crippen LogP contribution in [0.25, 0.3) is 0 Å². The molecule has 0 spiro atoms. The van der Waals surface area contributed by atoms with Crippen LogP contribution in [0.15, 0.2) is 4.90 Å². The third-order valence-electron chi connectivity index (χ3n) is 3.15. The molecule has 1 rings (SSSR count). The van der Waals surface area contributed by atoms with Gasteiger partial charge in [-0.2, -0.15) is 5.10 Å². The molecule has 2 atom stereocenters. The maximum absolute atomic E-state index is 12.3. The fraction of sp³-hybridized carbons (Fsp3) is 0.727. The number of hydrogen-bond acceptors (Lipinski definition) is 3. The largest absolute Gasteiger partial charge is 0.271 e. The van der Waals surface area contributed by atoms with E-state index in [-0.39, 0.29) is 16.9 Å². The van der Waals surface area contributed by atoms with E-state index < -0.39 is 10.0 Å². The van der Waals surface area contributed by atoms with E-state index in [1.165, 1.54) is 0 Å². The summed E-state index contributed by atoms with van der Waals surface area (Å²) >= 11 is 5.74. The van der Waals surface area contributed by atoms with Crippen molar-refractivity contribution in [2.24, 2.45) is 13.0 Å². The van der Waals surface area contributed by atoms with Gasteiger partial charge < -0.3 is 0 Å². The highest BCUT2D eigenvalue weighted by Gasteiger charge is 2.26. The van der Waals surface area contributed by atoms with Gasteiger partial charge in [0, 0.05) is 19.0 Å². The Balaban J connectivity index is 3.08. The number of nitrogens with zero attached hydrogens (tertiary/aromatic N) is 2. The van der Waals surface area contributed by atoms with Gasteiger partial charge in [-0.3, -0.25) is 4.68 Å². The minimum atomic E-state index is -3.55. The summed E-state index contributed by atoms with van der Waals surface area (Å²) in [7, 11) is -1.82. The Labute approximate surface area is 114 Å². The van der Waals surface area contributed by atoms with Gasteiger partial charge >= 0.3 is 0 Å². The van der Waals surface area contributed by atoms with Crippen LogP contribution < -0.4 is 4.72 Å². The molecule has 0 bridgehead atoms. The fourth-order valence-corrected chi connectivity index (χ4v) is 3.75. The van der Waals surface area contributed by atoms with E-state index in [0.29, 0.717) is 17.3 Å². The molecule has 5 nitrogen and oxygen atoms in total. The average Bonchev–Trinajstić information content (AvgIpc) is 2.51. The van der Waals surface area contributed by atoms with Crippen molar-refractivity contribution in [1.29, 1.82) is 0 Å². The lowest BCUT2D eigenvalue weighted by Gasteiger charge is -2.19. The molecule has 104 valence electrons. The van der Waals surface area contributed by atoms with Crippen molar-refractivity contribution < 1.29 is 8.42 Å². The number of aryl methyl sites for hydroxylation is 2. The van der Waals surface area contributed by atoms with Crippen molar-refractivity contribution in [2.45, 2.75) is 38.6 Å². The van der Waals surface area contributed by atoms with Gasteiger partial charge in [-0.25, -0.2) is 13.1 Å². The lowest BCUT2D eigenvalue weighted by atomic mass is 10.1. The Hall–Kier alpha value is -0.590. The van der Waals surface area contributed by atoms with Gasteiger partial charge in [0.2, 0.25) is 10.0 Å². The minimum absolute atomic E-state index is 0.0683. The lowest BCUT2D eigenvalue weighted by Crippen LogP contribution is -2.38. The summed E-state index contributed by atoms with van der Waals surface area (Å²) in [6.45, 7) is 7.15. The molecule has 0 amide bonds. The van der Waals surface area contributed by atoms with Crippen LogP contribution in [0.1, 0.15) is 25.2 Å². The minimum Gasteiger partial charge on any atom is -0.271 e. The molecule has 1 aromatic rings. The number of sulfonamides is 1. The van der Waals surface area contributed by atoms with E-state index >= 15 is 0 Å². The summed E-state index contributed by atoms with van der Waals surface area (Å²) in [6, 6.07) is -0.216. The molecule has 0 aliphatic heterocycles. The predicted octanol–water partition coefficient (Wildman–Crippen LogP) is 1.58. The number of rotatable bonds is 5. The SMILES string of the molecule is Cc1nn(C)c(C)c1S(=O)(=O)NC(C)C(C)CCl. The predicted molar refractivity (Wildman–Crippen MR) is 72.3 cm³/mol. The first-order valence-corrected chi connectivity index (χ1v) is 7.81. The van der Waals surface area contributed by atoms with Crippen molar-refractivity contribution in [3.05, 3.63) is 11.4 Å². The second-order valence-electron chi connectivity index (χ2n) is 4.67. The maximum Gasteiger partial charge on any atom is 0.244 e. The van der Waals surface area contributed by atoms with Gasteiger partial charge in [-0.1, -0.05) is 6.92 Å². The van der Waals surface area contributed by atoms with Crippen molar-refractivity contribution in [2.75, 3.05) is 5.88 Å². The quantitative estimate of drug-likeness (QED) is 0.838. The van der Waals surface area contributed by atoms with Crippen LogP contribution in [-0.4, -0.2) is 30.1 Å². The molecule has 0 aliphatic rings. The van der Waals surface area contributed by atoms with E-state index in [0.717, 1.165) is 0 Å². The molecule has 0 radical (unpaired) electrons. The normalized spacial score (nSPS) is 15.7. The molecule has 0 saturated heterocycles. The van der Waals surface area contributed by atoms with Gasteiger partial charge in [0.25, 0.3) is 0 Å².